The quantitative estimate of drug-likeness (QED) is 0.708. The maximum atomic E-state index is 4.38. The van der Waals surface area contributed by atoms with E-state index in [0.29, 0.717) is 0 Å². The van der Waals surface area contributed by atoms with Crippen molar-refractivity contribution in [3.63, 3.8) is 0 Å². The lowest BCUT2D eigenvalue weighted by atomic mass is 10.3. The van der Waals surface area contributed by atoms with Gasteiger partial charge in [0.15, 0.2) is 0 Å². The van der Waals surface area contributed by atoms with Crippen LogP contribution < -0.4 is 5.32 Å². The average Bonchev–Trinajstić information content (AvgIpc) is 2.91. The summed E-state index contributed by atoms with van der Waals surface area (Å²) < 4.78 is 3.20. The van der Waals surface area contributed by atoms with Gasteiger partial charge in [0.2, 0.25) is 5.95 Å². The standard InChI is InChI=1S/C15H12IN3/c16-13-8-4-5-9-14(13)18-15-17-10-11-19(15)12-6-2-1-3-7-12/h1-11H,(H,17,18). The largest absolute Gasteiger partial charge is 0.324 e. The normalized spacial score (nSPS) is 10.4. The van der Waals surface area contributed by atoms with E-state index in [2.05, 4.69) is 51.1 Å². The molecule has 0 aliphatic heterocycles. The van der Waals surface area contributed by atoms with E-state index in [1.807, 2.05) is 47.2 Å². The van der Waals surface area contributed by atoms with Crippen LogP contribution in [0.25, 0.3) is 5.69 Å². The number of para-hydroxylation sites is 2. The number of imidazole rings is 1. The molecule has 0 atom stereocenters. The summed E-state index contributed by atoms with van der Waals surface area (Å²) in [5.74, 6) is 0.815. The van der Waals surface area contributed by atoms with Gasteiger partial charge in [0, 0.05) is 21.7 Å². The number of anilines is 2. The number of hydrogen-bond donors (Lipinski definition) is 1. The first-order valence-corrected chi connectivity index (χ1v) is 7.03. The first-order chi connectivity index (χ1) is 9.34. The second-order valence-electron chi connectivity index (χ2n) is 4.06. The lowest BCUT2D eigenvalue weighted by Gasteiger charge is -2.10. The van der Waals surface area contributed by atoms with Gasteiger partial charge in [0.1, 0.15) is 0 Å². The fourth-order valence-corrected chi connectivity index (χ4v) is 2.40. The molecule has 0 spiro atoms. The van der Waals surface area contributed by atoms with Crippen molar-refractivity contribution in [2.24, 2.45) is 0 Å². The monoisotopic (exact) mass is 361 g/mol. The second kappa shape index (κ2) is 5.44. The third kappa shape index (κ3) is 2.63. The first kappa shape index (κ1) is 12.2. The van der Waals surface area contributed by atoms with Crippen LogP contribution in [0.1, 0.15) is 0 Å². The van der Waals surface area contributed by atoms with Gasteiger partial charge in [-0.05, 0) is 46.9 Å². The molecular formula is C15H12IN3. The zero-order chi connectivity index (χ0) is 13.1. The summed E-state index contributed by atoms with van der Waals surface area (Å²) >= 11 is 2.31. The van der Waals surface area contributed by atoms with Crippen molar-refractivity contribution in [1.82, 2.24) is 9.55 Å². The second-order valence-corrected chi connectivity index (χ2v) is 5.22. The Hall–Kier alpha value is -1.82. The SMILES string of the molecule is Ic1ccccc1Nc1nccn1-c1ccccc1. The molecule has 0 unspecified atom stereocenters. The topological polar surface area (TPSA) is 29.9 Å². The van der Waals surface area contributed by atoms with E-state index in [0.717, 1.165) is 17.3 Å². The van der Waals surface area contributed by atoms with Crippen LogP contribution in [0.4, 0.5) is 11.6 Å². The molecule has 4 heteroatoms. The predicted molar refractivity (Wildman–Crippen MR) is 86.0 cm³/mol. The van der Waals surface area contributed by atoms with Crippen molar-refractivity contribution < 1.29 is 0 Å². The van der Waals surface area contributed by atoms with E-state index in [1.165, 1.54) is 3.57 Å². The van der Waals surface area contributed by atoms with Crippen LogP contribution in [0.3, 0.4) is 0 Å². The molecule has 0 bridgehead atoms. The van der Waals surface area contributed by atoms with Crippen LogP contribution in [-0.2, 0) is 0 Å². The lowest BCUT2D eigenvalue weighted by Crippen LogP contribution is -2.01. The van der Waals surface area contributed by atoms with Gasteiger partial charge in [-0.15, -0.1) is 0 Å². The highest BCUT2D eigenvalue weighted by molar-refractivity contribution is 14.1. The van der Waals surface area contributed by atoms with Crippen LogP contribution in [0.2, 0.25) is 0 Å². The summed E-state index contributed by atoms with van der Waals surface area (Å²) in [7, 11) is 0. The van der Waals surface area contributed by atoms with Crippen LogP contribution in [-0.4, -0.2) is 9.55 Å². The van der Waals surface area contributed by atoms with Gasteiger partial charge in [0.05, 0.1) is 5.69 Å². The number of nitrogens with zero attached hydrogens (tertiary/aromatic N) is 2. The first-order valence-electron chi connectivity index (χ1n) is 5.95. The van der Waals surface area contributed by atoms with E-state index >= 15 is 0 Å². The number of hydrogen-bond acceptors (Lipinski definition) is 2. The van der Waals surface area contributed by atoms with Gasteiger partial charge in [0.25, 0.3) is 0 Å². The van der Waals surface area contributed by atoms with E-state index < -0.39 is 0 Å². The molecular weight excluding hydrogens is 349 g/mol. The Morgan fingerprint density at radius 2 is 1.68 bits per heavy atom. The van der Waals surface area contributed by atoms with Crippen LogP contribution in [0.5, 0.6) is 0 Å². The Labute approximate surface area is 125 Å². The van der Waals surface area contributed by atoms with Gasteiger partial charge in [-0.3, -0.25) is 4.57 Å². The molecule has 0 amide bonds. The van der Waals surface area contributed by atoms with Gasteiger partial charge in [-0.1, -0.05) is 30.3 Å². The average molecular weight is 361 g/mol. The Bertz CT molecular complexity index is 677. The Kier molecular flexibility index (Phi) is 3.50. The number of nitrogens with one attached hydrogen (secondary N) is 1. The van der Waals surface area contributed by atoms with E-state index in [9.17, 15) is 0 Å². The molecule has 3 nitrogen and oxygen atoms in total. The summed E-state index contributed by atoms with van der Waals surface area (Å²) in [5.41, 5.74) is 2.15. The third-order valence-corrected chi connectivity index (χ3v) is 3.74. The minimum Gasteiger partial charge on any atom is -0.324 e. The maximum absolute atomic E-state index is 4.38. The Morgan fingerprint density at radius 3 is 2.47 bits per heavy atom. The van der Waals surface area contributed by atoms with Crippen molar-refractivity contribution in [3.8, 4) is 5.69 Å². The minimum atomic E-state index is 0.815. The predicted octanol–water partition coefficient (Wildman–Crippen LogP) is 4.22. The molecule has 0 aliphatic carbocycles. The number of benzene rings is 2. The molecule has 0 radical (unpaired) electrons. The zero-order valence-corrected chi connectivity index (χ0v) is 12.3. The van der Waals surface area contributed by atoms with Gasteiger partial charge in [-0.25, -0.2) is 4.98 Å². The number of aromatic nitrogens is 2. The lowest BCUT2D eigenvalue weighted by molar-refractivity contribution is 1.06. The smallest absolute Gasteiger partial charge is 0.212 e. The van der Waals surface area contributed by atoms with Crippen LogP contribution in [0.15, 0.2) is 67.0 Å². The molecule has 3 rings (SSSR count). The van der Waals surface area contributed by atoms with Crippen LogP contribution >= 0.6 is 22.6 Å². The highest BCUT2D eigenvalue weighted by Crippen LogP contribution is 2.23. The van der Waals surface area contributed by atoms with E-state index in [-0.39, 0.29) is 0 Å². The molecule has 1 N–H and O–H groups in total. The molecule has 19 heavy (non-hydrogen) atoms. The minimum absolute atomic E-state index is 0.815. The van der Waals surface area contributed by atoms with Crippen LogP contribution in [0, 0.1) is 3.57 Å². The molecule has 0 fully saturated rings. The fourth-order valence-electron chi connectivity index (χ4n) is 1.88. The summed E-state index contributed by atoms with van der Waals surface area (Å²) in [6.45, 7) is 0. The fraction of sp³-hybridized carbons (Fsp3) is 0. The van der Waals surface area contributed by atoms with Crippen molar-refractivity contribution in [2.75, 3.05) is 5.32 Å². The molecule has 1 heterocycles. The summed E-state index contributed by atoms with van der Waals surface area (Å²) in [5, 5.41) is 3.36. The molecule has 0 saturated heterocycles. The van der Waals surface area contributed by atoms with E-state index in [4.69, 9.17) is 0 Å². The molecule has 1 aromatic heterocycles. The number of halogens is 1. The zero-order valence-electron chi connectivity index (χ0n) is 10.1. The van der Waals surface area contributed by atoms with Crippen molar-refractivity contribution in [3.05, 3.63) is 70.6 Å². The molecule has 0 saturated carbocycles. The molecule has 94 valence electrons. The Balaban J connectivity index is 1.96. The highest BCUT2D eigenvalue weighted by Gasteiger charge is 2.06. The molecule has 2 aromatic carbocycles. The highest BCUT2D eigenvalue weighted by atomic mass is 127. The summed E-state index contributed by atoms with van der Waals surface area (Å²) in [6, 6.07) is 18.3. The van der Waals surface area contributed by atoms with Gasteiger partial charge < -0.3 is 5.32 Å². The van der Waals surface area contributed by atoms with Gasteiger partial charge >= 0.3 is 0 Å². The van der Waals surface area contributed by atoms with E-state index in [1.54, 1.807) is 6.20 Å². The summed E-state index contributed by atoms with van der Waals surface area (Å²) in [4.78, 5) is 4.38. The van der Waals surface area contributed by atoms with Gasteiger partial charge in [-0.2, -0.15) is 0 Å². The van der Waals surface area contributed by atoms with Crippen molar-refractivity contribution in [1.29, 1.82) is 0 Å². The third-order valence-electron chi connectivity index (χ3n) is 2.80. The van der Waals surface area contributed by atoms with Crippen molar-refractivity contribution in [2.45, 2.75) is 0 Å². The molecule has 3 aromatic rings. The summed E-state index contributed by atoms with van der Waals surface area (Å²) in [6.07, 6.45) is 3.75. The Morgan fingerprint density at radius 1 is 0.947 bits per heavy atom. The molecule has 0 aliphatic rings. The van der Waals surface area contributed by atoms with Crippen molar-refractivity contribution >= 4 is 34.2 Å². The number of rotatable bonds is 3. The maximum Gasteiger partial charge on any atom is 0.212 e.